The predicted molar refractivity (Wildman–Crippen MR) is 185 cm³/mol. The number of rotatable bonds is 6. The Morgan fingerprint density at radius 3 is 1.48 bits per heavy atom. The number of hydrogen-bond acceptors (Lipinski definition) is 1. The lowest BCUT2D eigenvalue weighted by Crippen LogP contribution is -2.11. The summed E-state index contributed by atoms with van der Waals surface area (Å²) in [5, 5.41) is 0. The van der Waals surface area contributed by atoms with Crippen LogP contribution in [-0.4, -0.2) is 0 Å². The molecule has 7 aromatic rings. The molecule has 0 heterocycles. The van der Waals surface area contributed by atoms with E-state index >= 15 is 0 Å². The molecule has 0 spiro atoms. The van der Waals surface area contributed by atoms with E-state index in [0.717, 1.165) is 11.4 Å². The zero-order valence-electron chi connectivity index (χ0n) is 24.3. The third-order valence-electron chi connectivity index (χ3n) is 8.77. The van der Waals surface area contributed by atoms with Gasteiger partial charge in [0.25, 0.3) is 0 Å². The topological polar surface area (TPSA) is 3.24 Å². The van der Waals surface area contributed by atoms with Crippen molar-refractivity contribution in [2.24, 2.45) is 0 Å². The first kappa shape index (κ1) is 26.0. The molecule has 8 rings (SSSR count). The molecule has 1 aliphatic carbocycles. The van der Waals surface area contributed by atoms with E-state index in [4.69, 9.17) is 0 Å². The number of hydrogen-bond donors (Lipinski definition) is 0. The van der Waals surface area contributed by atoms with Crippen LogP contribution in [0.15, 0.2) is 182 Å². The fraction of sp³-hybridized carbons (Fsp3) is 0.0233. The zero-order valence-corrected chi connectivity index (χ0v) is 24.3. The van der Waals surface area contributed by atoms with Crippen molar-refractivity contribution in [3.05, 3.63) is 199 Å². The Labute approximate surface area is 259 Å². The van der Waals surface area contributed by atoms with Crippen molar-refractivity contribution in [3.63, 3.8) is 0 Å². The van der Waals surface area contributed by atoms with Crippen molar-refractivity contribution >= 4 is 17.1 Å². The largest absolute Gasteiger partial charge is 0.310 e. The van der Waals surface area contributed by atoms with Gasteiger partial charge in [-0.2, -0.15) is 0 Å². The van der Waals surface area contributed by atoms with Crippen LogP contribution in [0.3, 0.4) is 0 Å². The van der Waals surface area contributed by atoms with Crippen LogP contribution in [0.4, 0.5) is 17.1 Å². The highest BCUT2D eigenvalue weighted by Gasteiger charge is 2.34. The smallest absolute Gasteiger partial charge is 0.0543 e. The molecule has 7 aromatic carbocycles. The minimum Gasteiger partial charge on any atom is -0.310 e. The van der Waals surface area contributed by atoms with Crippen molar-refractivity contribution in [1.82, 2.24) is 0 Å². The average molecular weight is 562 g/mol. The Balaban J connectivity index is 1.32. The van der Waals surface area contributed by atoms with Gasteiger partial charge in [-0.25, -0.2) is 0 Å². The highest BCUT2D eigenvalue weighted by molar-refractivity contribution is 5.95. The second kappa shape index (κ2) is 11.2. The van der Waals surface area contributed by atoms with Crippen molar-refractivity contribution in [3.8, 4) is 33.4 Å². The minimum absolute atomic E-state index is 0.135. The molecule has 0 radical (unpaired) electrons. The molecular weight excluding hydrogens is 530 g/mol. The Morgan fingerprint density at radius 1 is 0.318 bits per heavy atom. The van der Waals surface area contributed by atoms with Gasteiger partial charge in [-0.3, -0.25) is 0 Å². The second-order valence-corrected chi connectivity index (χ2v) is 11.3. The lowest BCUT2D eigenvalue weighted by Gasteiger charge is -2.28. The summed E-state index contributed by atoms with van der Waals surface area (Å²) in [4.78, 5) is 2.41. The molecule has 44 heavy (non-hydrogen) atoms. The van der Waals surface area contributed by atoms with Crippen molar-refractivity contribution < 1.29 is 0 Å². The average Bonchev–Trinajstić information content (AvgIpc) is 3.45. The molecule has 0 bridgehead atoms. The summed E-state index contributed by atoms with van der Waals surface area (Å²) >= 11 is 0. The SMILES string of the molecule is c1ccc(-c2ccc(N(c3ccccc3)c3cccc4c3-c3ccccc3C4c3ccccc3-c3ccccc3)cc2)cc1. The molecule has 0 fully saturated rings. The molecule has 0 amide bonds. The second-order valence-electron chi connectivity index (χ2n) is 11.3. The molecule has 1 atom stereocenters. The van der Waals surface area contributed by atoms with E-state index in [2.05, 4.69) is 187 Å². The number of benzene rings is 7. The molecule has 1 heteroatoms. The Morgan fingerprint density at radius 2 is 0.795 bits per heavy atom. The highest BCUT2D eigenvalue weighted by atomic mass is 15.1. The maximum absolute atomic E-state index is 2.41. The Bertz CT molecular complexity index is 2050. The van der Waals surface area contributed by atoms with Gasteiger partial charge in [0.2, 0.25) is 0 Å². The van der Waals surface area contributed by atoms with Crippen LogP contribution in [0.2, 0.25) is 0 Å². The first-order valence-electron chi connectivity index (χ1n) is 15.2. The van der Waals surface area contributed by atoms with Crippen molar-refractivity contribution in [1.29, 1.82) is 0 Å². The quantitative estimate of drug-likeness (QED) is 0.195. The van der Waals surface area contributed by atoms with Gasteiger partial charge in [0.05, 0.1) is 5.69 Å². The molecule has 0 aromatic heterocycles. The fourth-order valence-electron chi connectivity index (χ4n) is 6.82. The van der Waals surface area contributed by atoms with Gasteiger partial charge >= 0.3 is 0 Å². The summed E-state index contributed by atoms with van der Waals surface area (Å²) in [6.45, 7) is 0. The van der Waals surface area contributed by atoms with Crippen LogP contribution in [0.25, 0.3) is 33.4 Å². The molecule has 1 unspecified atom stereocenters. The normalized spacial score (nSPS) is 13.2. The summed E-state index contributed by atoms with van der Waals surface area (Å²) in [7, 11) is 0. The predicted octanol–water partition coefficient (Wildman–Crippen LogP) is 11.7. The van der Waals surface area contributed by atoms with Gasteiger partial charge < -0.3 is 4.90 Å². The molecular formula is C43H31N. The molecule has 0 aliphatic heterocycles. The van der Waals surface area contributed by atoms with Gasteiger partial charge in [0, 0.05) is 22.9 Å². The van der Waals surface area contributed by atoms with E-state index in [1.165, 1.54) is 55.8 Å². The molecule has 1 nitrogen and oxygen atoms in total. The maximum atomic E-state index is 2.41. The van der Waals surface area contributed by atoms with E-state index in [0.29, 0.717) is 0 Å². The van der Waals surface area contributed by atoms with E-state index in [1.807, 2.05) is 0 Å². The minimum atomic E-state index is 0.135. The van der Waals surface area contributed by atoms with Crippen LogP contribution in [0.5, 0.6) is 0 Å². The number of para-hydroxylation sites is 1. The van der Waals surface area contributed by atoms with Crippen LogP contribution in [-0.2, 0) is 0 Å². The molecule has 0 saturated carbocycles. The lowest BCUT2D eigenvalue weighted by molar-refractivity contribution is 1.02. The number of anilines is 3. The first-order chi connectivity index (χ1) is 21.9. The van der Waals surface area contributed by atoms with Crippen LogP contribution in [0.1, 0.15) is 22.6 Å². The third-order valence-corrected chi connectivity index (χ3v) is 8.77. The molecule has 0 saturated heterocycles. The van der Waals surface area contributed by atoms with E-state index < -0.39 is 0 Å². The summed E-state index contributed by atoms with van der Waals surface area (Å²) < 4.78 is 0. The Hall–Kier alpha value is -5.66. The van der Waals surface area contributed by atoms with E-state index in [-0.39, 0.29) is 5.92 Å². The summed E-state index contributed by atoms with van der Waals surface area (Å²) in [5.74, 6) is 0.135. The van der Waals surface area contributed by atoms with Gasteiger partial charge in [-0.15, -0.1) is 0 Å². The van der Waals surface area contributed by atoms with Crippen LogP contribution in [0, 0.1) is 0 Å². The molecule has 0 N–H and O–H groups in total. The third kappa shape index (κ3) is 4.51. The monoisotopic (exact) mass is 561 g/mol. The van der Waals surface area contributed by atoms with E-state index in [9.17, 15) is 0 Å². The standard InChI is InChI=1S/C43H31N/c1-4-15-31(16-5-1)32-27-29-35(30-28-32)44(34-19-8-3-9-20-34)41-26-14-25-40-42(38-23-12-13-24-39(38)43(40)41)37-22-11-10-21-36(37)33-17-6-2-7-18-33/h1-30,42H. The maximum Gasteiger partial charge on any atom is 0.0543 e. The molecule has 1 aliphatic rings. The lowest BCUT2D eigenvalue weighted by atomic mass is 9.84. The number of nitrogens with zero attached hydrogens (tertiary/aromatic N) is 1. The van der Waals surface area contributed by atoms with Gasteiger partial charge in [0.15, 0.2) is 0 Å². The van der Waals surface area contributed by atoms with Gasteiger partial charge in [0.1, 0.15) is 0 Å². The van der Waals surface area contributed by atoms with Crippen LogP contribution >= 0.6 is 0 Å². The Kier molecular flexibility index (Phi) is 6.62. The number of fused-ring (bicyclic) bond motifs is 3. The van der Waals surface area contributed by atoms with Gasteiger partial charge in [-0.05, 0) is 74.8 Å². The van der Waals surface area contributed by atoms with Crippen molar-refractivity contribution in [2.45, 2.75) is 5.92 Å². The first-order valence-corrected chi connectivity index (χ1v) is 15.2. The summed E-state index contributed by atoms with van der Waals surface area (Å²) in [6, 6.07) is 65.7. The molecule has 208 valence electrons. The van der Waals surface area contributed by atoms with Gasteiger partial charge in [-0.1, -0.05) is 152 Å². The van der Waals surface area contributed by atoms with Crippen molar-refractivity contribution in [2.75, 3.05) is 4.90 Å². The van der Waals surface area contributed by atoms with E-state index in [1.54, 1.807) is 0 Å². The highest BCUT2D eigenvalue weighted by Crippen LogP contribution is 2.54. The van der Waals surface area contributed by atoms with Crippen LogP contribution < -0.4 is 4.90 Å². The fourth-order valence-corrected chi connectivity index (χ4v) is 6.82. The summed E-state index contributed by atoms with van der Waals surface area (Å²) in [5.41, 5.74) is 15.0. The summed E-state index contributed by atoms with van der Waals surface area (Å²) in [6.07, 6.45) is 0. The zero-order chi connectivity index (χ0) is 29.3.